The van der Waals surface area contributed by atoms with Crippen LogP contribution in [0.2, 0.25) is 0 Å². The van der Waals surface area contributed by atoms with Crippen LogP contribution in [0.5, 0.6) is 5.75 Å². The molecule has 0 amide bonds. The zero-order valence-electron chi connectivity index (χ0n) is 22.4. The largest absolute Gasteiger partial charge is 0.495 e. The average Bonchev–Trinajstić information content (AvgIpc) is 3.35. The number of H-pyrrole nitrogens is 1. The highest BCUT2D eigenvalue weighted by atomic mass is 32.2. The number of alkyl halides is 3. The van der Waals surface area contributed by atoms with Gasteiger partial charge in [-0.2, -0.15) is 13.2 Å². The van der Waals surface area contributed by atoms with Crippen molar-refractivity contribution in [3.05, 3.63) is 36.0 Å². The molecule has 2 aromatic heterocycles. The number of pyridine rings is 1. The minimum Gasteiger partial charge on any atom is -0.495 e. The van der Waals surface area contributed by atoms with E-state index in [4.69, 9.17) is 9.47 Å². The van der Waals surface area contributed by atoms with E-state index in [2.05, 4.69) is 29.8 Å². The third-order valence-electron chi connectivity index (χ3n) is 7.05. The summed E-state index contributed by atoms with van der Waals surface area (Å²) in [5.74, 6) is 1.04. The Morgan fingerprint density at radius 2 is 1.85 bits per heavy atom. The fourth-order valence-electron chi connectivity index (χ4n) is 5.21. The number of aromatic amines is 1. The Balaban J connectivity index is 1.30. The van der Waals surface area contributed by atoms with E-state index in [0.29, 0.717) is 29.0 Å². The molecule has 4 heterocycles. The Morgan fingerprint density at radius 3 is 2.51 bits per heavy atom. The molecule has 12 heteroatoms. The lowest BCUT2D eigenvalue weighted by molar-refractivity contribution is -0.136. The molecule has 2 aliphatic rings. The molecule has 39 heavy (non-hydrogen) atoms. The number of anilines is 3. The number of benzene rings is 1. The highest BCUT2D eigenvalue weighted by molar-refractivity contribution is 7.97. The number of hydrogen-bond acceptors (Lipinski definition) is 8. The molecule has 2 aliphatic heterocycles. The predicted octanol–water partition coefficient (Wildman–Crippen LogP) is 5.96. The van der Waals surface area contributed by atoms with Gasteiger partial charge in [0.1, 0.15) is 17.2 Å². The van der Waals surface area contributed by atoms with Gasteiger partial charge in [-0.1, -0.05) is 0 Å². The van der Waals surface area contributed by atoms with Crippen molar-refractivity contribution in [2.45, 2.75) is 49.8 Å². The molecule has 0 aliphatic carbocycles. The topological polar surface area (TPSA) is 77.7 Å². The third kappa shape index (κ3) is 6.56. The number of aromatic nitrogens is 2. The van der Waals surface area contributed by atoms with Gasteiger partial charge in [-0.3, -0.25) is 4.90 Å². The Morgan fingerprint density at radius 1 is 1.10 bits per heavy atom. The normalized spacial score (nSPS) is 18.1. The van der Waals surface area contributed by atoms with Gasteiger partial charge in [0.2, 0.25) is 0 Å². The number of hydrogen-bond donors (Lipinski definition) is 3. The van der Waals surface area contributed by atoms with Gasteiger partial charge < -0.3 is 25.1 Å². The Hall–Kier alpha value is -2.67. The highest BCUT2D eigenvalue weighted by Gasteiger charge is 2.35. The van der Waals surface area contributed by atoms with Gasteiger partial charge in [0.15, 0.2) is 0 Å². The van der Waals surface area contributed by atoms with Gasteiger partial charge in [0, 0.05) is 61.1 Å². The van der Waals surface area contributed by atoms with Crippen molar-refractivity contribution >= 4 is 40.2 Å². The molecule has 0 saturated carbocycles. The number of nitrogens with zero attached hydrogens (tertiary/aromatic N) is 3. The second-order valence-electron chi connectivity index (χ2n) is 10.2. The summed E-state index contributed by atoms with van der Waals surface area (Å²) >= 11 is 1.72. The van der Waals surface area contributed by atoms with Crippen LogP contribution < -0.4 is 15.4 Å². The number of rotatable bonds is 8. The number of fused-ring (bicyclic) bond motifs is 1. The summed E-state index contributed by atoms with van der Waals surface area (Å²) in [7, 11) is 1.60. The van der Waals surface area contributed by atoms with E-state index < -0.39 is 11.7 Å². The van der Waals surface area contributed by atoms with E-state index >= 15 is 0 Å². The maximum atomic E-state index is 13.6. The third-order valence-corrected chi connectivity index (χ3v) is 8.14. The lowest BCUT2D eigenvalue weighted by Crippen LogP contribution is -2.47. The fraction of sp³-hybridized carbons (Fsp3) is 0.519. The number of methoxy groups -OCH3 is 1. The average molecular weight is 565 g/mol. The zero-order valence-corrected chi connectivity index (χ0v) is 23.2. The van der Waals surface area contributed by atoms with Crippen LogP contribution >= 0.6 is 11.9 Å². The van der Waals surface area contributed by atoms with Crippen LogP contribution in [0.25, 0.3) is 11.0 Å². The van der Waals surface area contributed by atoms with E-state index in [9.17, 15) is 13.2 Å². The van der Waals surface area contributed by atoms with Crippen LogP contribution in [-0.4, -0.2) is 77.8 Å². The first kappa shape index (κ1) is 27.9. The van der Waals surface area contributed by atoms with Crippen molar-refractivity contribution in [3.8, 4) is 5.75 Å². The molecule has 0 unspecified atom stereocenters. The SMILES string of the molecule is COc1cc(SN2CCC(N3CCOCC3)CC2)ccc1Nc1cc(NC(C)C)c2c(C(F)(F)F)c[nH]c2n1. The van der Waals surface area contributed by atoms with Gasteiger partial charge in [0.05, 0.1) is 37.0 Å². The zero-order chi connectivity index (χ0) is 27.6. The summed E-state index contributed by atoms with van der Waals surface area (Å²) in [4.78, 5) is 10.7. The van der Waals surface area contributed by atoms with Crippen molar-refractivity contribution in [3.63, 3.8) is 0 Å². The molecule has 2 saturated heterocycles. The number of ether oxygens (including phenoxy) is 2. The summed E-state index contributed by atoms with van der Waals surface area (Å²) in [5, 5.41) is 6.39. The number of halogens is 3. The Labute approximate surface area is 230 Å². The van der Waals surface area contributed by atoms with Crippen molar-refractivity contribution in [2.75, 3.05) is 57.1 Å². The predicted molar refractivity (Wildman–Crippen MR) is 149 cm³/mol. The van der Waals surface area contributed by atoms with Gasteiger partial charge in [-0.05, 0) is 56.8 Å². The highest BCUT2D eigenvalue weighted by Crippen LogP contribution is 2.40. The van der Waals surface area contributed by atoms with Crippen LogP contribution in [-0.2, 0) is 10.9 Å². The summed E-state index contributed by atoms with van der Waals surface area (Å²) in [5.41, 5.74) is 0.449. The molecule has 212 valence electrons. The van der Waals surface area contributed by atoms with Gasteiger partial charge in [-0.25, -0.2) is 9.29 Å². The van der Waals surface area contributed by atoms with Gasteiger partial charge in [-0.15, -0.1) is 0 Å². The number of morpholine rings is 1. The van der Waals surface area contributed by atoms with Crippen LogP contribution in [0.4, 0.5) is 30.4 Å². The van der Waals surface area contributed by atoms with E-state index in [1.54, 1.807) is 25.1 Å². The molecule has 0 radical (unpaired) electrons. The molecule has 3 N–H and O–H groups in total. The quantitative estimate of drug-likeness (QED) is 0.290. The van der Waals surface area contributed by atoms with E-state index in [1.165, 1.54) is 0 Å². The second-order valence-corrected chi connectivity index (χ2v) is 11.3. The van der Waals surface area contributed by atoms with Crippen LogP contribution in [0.3, 0.4) is 0 Å². The summed E-state index contributed by atoms with van der Waals surface area (Å²) in [6.07, 6.45) is -1.25. The lowest BCUT2D eigenvalue weighted by atomic mass is 10.0. The first-order valence-corrected chi connectivity index (χ1v) is 14.0. The Bertz CT molecular complexity index is 1270. The van der Waals surface area contributed by atoms with Crippen molar-refractivity contribution in [1.82, 2.24) is 19.2 Å². The molecule has 2 fully saturated rings. The molecule has 5 rings (SSSR count). The molecular weight excluding hydrogens is 529 g/mol. The van der Waals surface area contributed by atoms with Crippen molar-refractivity contribution in [1.29, 1.82) is 0 Å². The van der Waals surface area contributed by atoms with Crippen LogP contribution in [0.1, 0.15) is 32.3 Å². The van der Waals surface area contributed by atoms with Gasteiger partial charge in [0.25, 0.3) is 0 Å². The standard InChI is InChI=1S/C27H35F3N6O2S/c1-17(2)32-22-15-24(34-26-25(22)20(16-31-26)27(28,29)30)33-21-5-4-19(14-23(21)37-3)39-36-8-6-18(7-9-36)35-10-12-38-13-11-35/h4-5,14-18H,6-13H2,1-3H3,(H3,31,32,33,34). The van der Waals surface area contributed by atoms with Crippen LogP contribution in [0.15, 0.2) is 35.4 Å². The molecule has 3 aromatic rings. The number of piperidine rings is 1. The van der Waals surface area contributed by atoms with E-state index in [1.807, 2.05) is 32.0 Å². The smallest absolute Gasteiger partial charge is 0.418 e. The molecular formula is C27H35F3N6O2S. The maximum absolute atomic E-state index is 13.6. The monoisotopic (exact) mass is 564 g/mol. The minimum absolute atomic E-state index is 0.0258. The van der Waals surface area contributed by atoms with Crippen molar-refractivity contribution < 1.29 is 22.6 Å². The lowest BCUT2D eigenvalue weighted by Gasteiger charge is -2.39. The summed E-state index contributed by atoms with van der Waals surface area (Å²) in [6.45, 7) is 9.48. The summed E-state index contributed by atoms with van der Waals surface area (Å²) < 4.78 is 54.4. The molecule has 0 bridgehead atoms. The van der Waals surface area contributed by atoms with Crippen LogP contribution in [0, 0.1) is 0 Å². The molecule has 8 nitrogen and oxygen atoms in total. The first-order valence-electron chi connectivity index (χ1n) is 13.3. The van der Waals surface area contributed by atoms with E-state index in [-0.39, 0.29) is 17.1 Å². The molecule has 0 atom stereocenters. The van der Waals surface area contributed by atoms with E-state index in [0.717, 1.165) is 63.3 Å². The molecule has 0 spiro atoms. The maximum Gasteiger partial charge on any atom is 0.418 e. The Kier molecular flexibility index (Phi) is 8.46. The van der Waals surface area contributed by atoms with Gasteiger partial charge >= 0.3 is 6.18 Å². The fourth-order valence-corrected chi connectivity index (χ4v) is 6.19. The minimum atomic E-state index is -4.49. The second kappa shape index (κ2) is 11.8. The summed E-state index contributed by atoms with van der Waals surface area (Å²) in [6, 6.07) is 8.07. The number of nitrogens with one attached hydrogen (secondary N) is 3. The first-order chi connectivity index (χ1) is 18.7. The molecule has 1 aromatic carbocycles. The van der Waals surface area contributed by atoms with Crippen molar-refractivity contribution in [2.24, 2.45) is 0 Å².